The van der Waals surface area contributed by atoms with Crippen LogP contribution in [-0.4, -0.2) is 25.5 Å². The molecule has 1 saturated heterocycles. The molecule has 3 nitrogen and oxygen atoms in total. The summed E-state index contributed by atoms with van der Waals surface area (Å²) in [6.07, 6.45) is 2.33. The Balaban J connectivity index is 1.65. The molecular weight excluding hydrogens is 292 g/mol. The van der Waals surface area contributed by atoms with Crippen LogP contribution in [0.2, 0.25) is 0 Å². The van der Waals surface area contributed by atoms with Crippen LogP contribution in [0.25, 0.3) is 0 Å². The average Bonchev–Trinajstić information content (AvgIpc) is 3.06. The maximum Gasteiger partial charge on any atom is 0.225 e. The van der Waals surface area contributed by atoms with E-state index in [-0.39, 0.29) is 17.2 Å². The molecule has 0 spiro atoms. The van der Waals surface area contributed by atoms with Gasteiger partial charge >= 0.3 is 0 Å². The van der Waals surface area contributed by atoms with Crippen molar-refractivity contribution in [1.82, 2.24) is 10.6 Å². The van der Waals surface area contributed by atoms with Crippen LogP contribution in [0.1, 0.15) is 18.4 Å². The van der Waals surface area contributed by atoms with Gasteiger partial charge in [-0.1, -0.05) is 34.1 Å². The Morgan fingerprint density at radius 1 is 1.39 bits per heavy atom. The Bertz CT molecular complexity index is 467. The van der Waals surface area contributed by atoms with Crippen molar-refractivity contribution in [2.75, 3.05) is 19.6 Å². The molecule has 2 N–H and O–H groups in total. The van der Waals surface area contributed by atoms with Gasteiger partial charge in [-0.2, -0.15) is 0 Å². The number of nitrogens with one attached hydrogen (secondary N) is 2. The SMILES string of the molecule is O=C(NCC1(c2ccccc2Br)CC1)C1CNC1. The highest BCUT2D eigenvalue weighted by Crippen LogP contribution is 2.49. The second-order valence-electron chi connectivity index (χ2n) is 5.33. The molecular formula is C14H17BrN2O. The number of carbonyl (C=O) groups excluding carboxylic acids is 1. The molecule has 96 valence electrons. The summed E-state index contributed by atoms with van der Waals surface area (Å²) < 4.78 is 1.15. The maximum absolute atomic E-state index is 11.9. The van der Waals surface area contributed by atoms with Crippen molar-refractivity contribution in [3.8, 4) is 0 Å². The molecule has 1 amide bonds. The highest BCUT2D eigenvalue weighted by atomic mass is 79.9. The lowest BCUT2D eigenvalue weighted by atomic mass is 9.95. The number of carbonyl (C=O) groups is 1. The van der Waals surface area contributed by atoms with Crippen molar-refractivity contribution < 1.29 is 4.79 Å². The number of benzene rings is 1. The van der Waals surface area contributed by atoms with E-state index in [1.165, 1.54) is 18.4 Å². The minimum atomic E-state index is 0.174. The summed E-state index contributed by atoms with van der Waals surface area (Å²) in [5.41, 5.74) is 1.50. The van der Waals surface area contributed by atoms with E-state index in [4.69, 9.17) is 0 Å². The molecule has 1 aromatic carbocycles. The lowest BCUT2D eigenvalue weighted by Gasteiger charge is -2.27. The first-order valence-corrected chi connectivity index (χ1v) is 7.24. The van der Waals surface area contributed by atoms with Gasteiger partial charge in [0, 0.05) is 29.5 Å². The van der Waals surface area contributed by atoms with E-state index in [9.17, 15) is 4.79 Å². The third-order valence-electron chi connectivity index (χ3n) is 4.05. The predicted molar refractivity (Wildman–Crippen MR) is 74.4 cm³/mol. The molecule has 1 saturated carbocycles. The highest BCUT2D eigenvalue weighted by molar-refractivity contribution is 9.10. The van der Waals surface area contributed by atoms with Gasteiger partial charge in [0.25, 0.3) is 0 Å². The summed E-state index contributed by atoms with van der Waals surface area (Å²) in [5.74, 6) is 0.382. The van der Waals surface area contributed by atoms with E-state index in [0.717, 1.165) is 24.1 Å². The lowest BCUT2D eigenvalue weighted by Crippen LogP contribution is -2.51. The first-order chi connectivity index (χ1) is 8.71. The summed E-state index contributed by atoms with van der Waals surface area (Å²) in [7, 11) is 0. The fourth-order valence-corrected chi connectivity index (χ4v) is 3.16. The minimum Gasteiger partial charge on any atom is -0.355 e. The molecule has 1 aromatic rings. The van der Waals surface area contributed by atoms with Crippen LogP contribution >= 0.6 is 15.9 Å². The zero-order valence-corrected chi connectivity index (χ0v) is 11.8. The Kier molecular flexibility index (Phi) is 3.16. The summed E-state index contributed by atoms with van der Waals surface area (Å²) in [5, 5.41) is 6.24. The van der Waals surface area contributed by atoms with Crippen molar-refractivity contribution in [2.45, 2.75) is 18.3 Å². The molecule has 0 unspecified atom stereocenters. The molecule has 2 aliphatic rings. The van der Waals surface area contributed by atoms with Crippen molar-refractivity contribution in [1.29, 1.82) is 0 Å². The number of hydrogen-bond acceptors (Lipinski definition) is 2. The molecule has 3 rings (SSSR count). The van der Waals surface area contributed by atoms with Gasteiger partial charge in [0.05, 0.1) is 5.92 Å². The van der Waals surface area contributed by atoms with Crippen molar-refractivity contribution >= 4 is 21.8 Å². The minimum absolute atomic E-state index is 0.174. The van der Waals surface area contributed by atoms with Gasteiger partial charge in [-0.15, -0.1) is 0 Å². The van der Waals surface area contributed by atoms with E-state index in [2.05, 4.69) is 44.8 Å². The van der Waals surface area contributed by atoms with Crippen LogP contribution in [0.5, 0.6) is 0 Å². The number of amides is 1. The van der Waals surface area contributed by atoms with Gasteiger partial charge in [-0.05, 0) is 24.5 Å². The fourth-order valence-electron chi connectivity index (χ4n) is 2.46. The third-order valence-corrected chi connectivity index (χ3v) is 4.74. The highest BCUT2D eigenvalue weighted by Gasteiger charge is 2.45. The van der Waals surface area contributed by atoms with Gasteiger partial charge in [-0.3, -0.25) is 4.79 Å². The van der Waals surface area contributed by atoms with Crippen LogP contribution < -0.4 is 10.6 Å². The van der Waals surface area contributed by atoms with E-state index in [1.807, 2.05) is 6.07 Å². The van der Waals surface area contributed by atoms with Crippen molar-refractivity contribution in [3.63, 3.8) is 0 Å². The second-order valence-corrected chi connectivity index (χ2v) is 6.19. The van der Waals surface area contributed by atoms with Crippen LogP contribution in [0.15, 0.2) is 28.7 Å². The largest absolute Gasteiger partial charge is 0.355 e. The number of halogens is 1. The maximum atomic E-state index is 11.9. The molecule has 1 aliphatic heterocycles. The second kappa shape index (κ2) is 4.67. The van der Waals surface area contributed by atoms with E-state index in [0.29, 0.717) is 0 Å². The molecule has 0 aromatic heterocycles. The van der Waals surface area contributed by atoms with Gasteiger partial charge < -0.3 is 10.6 Å². The predicted octanol–water partition coefficient (Wildman–Crippen LogP) is 1.82. The topological polar surface area (TPSA) is 41.1 Å². The average molecular weight is 309 g/mol. The first kappa shape index (κ1) is 12.2. The van der Waals surface area contributed by atoms with Crippen molar-refractivity contribution in [2.24, 2.45) is 5.92 Å². The van der Waals surface area contributed by atoms with Crippen LogP contribution in [-0.2, 0) is 10.2 Å². The van der Waals surface area contributed by atoms with Gasteiger partial charge in [0.15, 0.2) is 0 Å². The van der Waals surface area contributed by atoms with Gasteiger partial charge in [0.2, 0.25) is 5.91 Å². The first-order valence-electron chi connectivity index (χ1n) is 6.45. The quantitative estimate of drug-likeness (QED) is 0.891. The summed E-state index contributed by atoms with van der Waals surface area (Å²) in [6, 6.07) is 8.33. The molecule has 1 aliphatic carbocycles. The standard InChI is InChI=1S/C14H17BrN2O/c15-12-4-2-1-3-11(12)14(5-6-14)9-17-13(18)10-7-16-8-10/h1-4,10,16H,5-9H2,(H,17,18). The van der Waals surface area contributed by atoms with Crippen LogP contribution in [0, 0.1) is 5.92 Å². The van der Waals surface area contributed by atoms with Crippen molar-refractivity contribution in [3.05, 3.63) is 34.3 Å². The molecule has 0 atom stereocenters. The molecule has 1 heterocycles. The number of hydrogen-bond donors (Lipinski definition) is 2. The summed E-state index contributed by atoms with van der Waals surface area (Å²) in [4.78, 5) is 11.9. The summed E-state index contributed by atoms with van der Waals surface area (Å²) in [6.45, 7) is 2.42. The third kappa shape index (κ3) is 2.19. The molecule has 18 heavy (non-hydrogen) atoms. The lowest BCUT2D eigenvalue weighted by molar-refractivity contribution is -0.126. The molecule has 2 fully saturated rings. The van der Waals surface area contributed by atoms with Gasteiger partial charge in [0.1, 0.15) is 0 Å². The number of rotatable bonds is 4. The Morgan fingerprint density at radius 3 is 2.67 bits per heavy atom. The van der Waals surface area contributed by atoms with Crippen LogP contribution in [0.3, 0.4) is 0 Å². The van der Waals surface area contributed by atoms with E-state index < -0.39 is 0 Å². The smallest absolute Gasteiger partial charge is 0.225 e. The zero-order chi connectivity index (χ0) is 12.6. The summed E-state index contributed by atoms with van der Waals surface area (Å²) >= 11 is 3.61. The van der Waals surface area contributed by atoms with E-state index >= 15 is 0 Å². The Labute approximate surface area is 115 Å². The van der Waals surface area contributed by atoms with E-state index in [1.54, 1.807) is 0 Å². The molecule has 0 bridgehead atoms. The van der Waals surface area contributed by atoms with Crippen LogP contribution in [0.4, 0.5) is 0 Å². The van der Waals surface area contributed by atoms with Gasteiger partial charge in [-0.25, -0.2) is 0 Å². The monoisotopic (exact) mass is 308 g/mol. The Morgan fingerprint density at radius 2 is 2.11 bits per heavy atom. The fraction of sp³-hybridized carbons (Fsp3) is 0.500. The normalized spacial score (nSPS) is 21.2. The molecule has 0 radical (unpaired) electrons. The Hall–Kier alpha value is -0.870. The molecule has 4 heteroatoms. The zero-order valence-electron chi connectivity index (χ0n) is 10.2.